The summed E-state index contributed by atoms with van der Waals surface area (Å²) in [6.45, 7) is 7.96. The minimum atomic E-state index is 0.893. The van der Waals surface area contributed by atoms with E-state index in [9.17, 15) is 0 Å². The molecule has 1 aliphatic rings. The molecule has 1 aromatic carbocycles. The summed E-state index contributed by atoms with van der Waals surface area (Å²) in [4.78, 5) is 2.54. The van der Waals surface area contributed by atoms with Gasteiger partial charge in [-0.15, -0.1) is 0 Å². The van der Waals surface area contributed by atoms with Crippen molar-refractivity contribution in [3.63, 3.8) is 0 Å². The van der Waals surface area contributed by atoms with E-state index in [1.54, 1.807) is 0 Å². The van der Waals surface area contributed by atoms with Gasteiger partial charge in [0, 0.05) is 31.2 Å². The Morgan fingerprint density at radius 1 is 1.29 bits per heavy atom. The van der Waals surface area contributed by atoms with Crippen molar-refractivity contribution in [2.24, 2.45) is 0 Å². The van der Waals surface area contributed by atoms with E-state index in [0.717, 1.165) is 24.5 Å². The van der Waals surface area contributed by atoms with Crippen molar-refractivity contribution >= 4 is 11.6 Å². The SMILES string of the molecule is Cc1c(Cl)cccc1CCCN1CCNCC1. The lowest BCUT2D eigenvalue weighted by Gasteiger charge is -2.27. The van der Waals surface area contributed by atoms with Crippen molar-refractivity contribution in [1.82, 2.24) is 10.2 Å². The van der Waals surface area contributed by atoms with Crippen LogP contribution in [0.3, 0.4) is 0 Å². The molecule has 0 amide bonds. The van der Waals surface area contributed by atoms with E-state index < -0.39 is 0 Å². The van der Waals surface area contributed by atoms with Crippen LogP contribution in [0.1, 0.15) is 17.5 Å². The van der Waals surface area contributed by atoms with E-state index in [2.05, 4.69) is 29.3 Å². The van der Waals surface area contributed by atoms with Crippen LogP contribution in [0.25, 0.3) is 0 Å². The summed E-state index contributed by atoms with van der Waals surface area (Å²) < 4.78 is 0. The molecule has 17 heavy (non-hydrogen) atoms. The molecule has 0 aromatic heterocycles. The minimum Gasteiger partial charge on any atom is -0.314 e. The van der Waals surface area contributed by atoms with Crippen molar-refractivity contribution in [2.45, 2.75) is 19.8 Å². The number of hydrogen-bond donors (Lipinski definition) is 1. The first-order valence-electron chi connectivity index (χ1n) is 6.44. The Morgan fingerprint density at radius 3 is 2.82 bits per heavy atom. The summed E-state index contributed by atoms with van der Waals surface area (Å²) in [5.41, 5.74) is 2.64. The molecule has 1 saturated heterocycles. The molecule has 1 aliphatic heterocycles. The molecule has 2 rings (SSSR count). The molecule has 0 radical (unpaired) electrons. The molecular formula is C14H21ClN2. The van der Waals surface area contributed by atoms with E-state index in [1.165, 1.54) is 37.2 Å². The standard InChI is InChI=1S/C14H21ClN2/c1-12-13(4-2-6-14(12)15)5-3-9-17-10-7-16-8-11-17/h2,4,6,16H,3,5,7-11H2,1H3. The average molecular weight is 253 g/mol. The van der Waals surface area contributed by atoms with E-state index in [0.29, 0.717) is 0 Å². The minimum absolute atomic E-state index is 0.893. The molecule has 0 atom stereocenters. The van der Waals surface area contributed by atoms with Gasteiger partial charge in [0.05, 0.1) is 0 Å². The molecule has 1 N–H and O–H groups in total. The van der Waals surface area contributed by atoms with Crippen LogP contribution in [-0.4, -0.2) is 37.6 Å². The van der Waals surface area contributed by atoms with Crippen molar-refractivity contribution in [1.29, 1.82) is 0 Å². The Kier molecular flexibility index (Phi) is 4.84. The van der Waals surface area contributed by atoms with Crippen LogP contribution < -0.4 is 5.32 Å². The molecule has 3 heteroatoms. The lowest BCUT2D eigenvalue weighted by molar-refractivity contribution is 0.238. The maximum Gasteiger partial charge on any atom is 0.0437 e. The summed E-state index contributed by atoms with van der Waals surface area (Å²) in [5.74, 6) is 0. The summed E-state index contributed by atoms with van der Waals surface area (Å²) in [6.07, 6.45) is 2.36. The zero-order valence-corrected chi connectivity index (χ0v) is 11.3. The highest BCUT2D eigenvalue weighted by atomic mass is 35.5. The van der Waals surface area contributed by atoms with Gasteiger partial charge in [0.25, 0.3) is 0 Å². The first kappa shape index (κ1) is 12.9. The molecule has 0 spiro atoms. The third-order valence-corrected chi connectivity index (χ3v) is 3.92. The molecule has 1 aromatic rings. The van der Waals surface area contributed by atoms with Crippen LogP contribution in [0.4, 0.5) is 0 Å². The van der Waals surface area contributed by atoms with Crippen LogP contribution in [-0.2, 0) is 6.42 Å². The van der Waals surface area contributed by atoms with Gasteiger partial charge in [0.2, 0.25) is 0 Å². The Morgan fingerprint density at radius 2 is 2.06 bits per heavy atom. The van der Waals surface area contributed by atoms with Crippen molar-refractivity contribution in [2.75, 3.05) is 32.7 Å². The number of halogens is 1. The Balaban J connectivity index is 1.79. The number of hydrogen-bond acceptors (Lipinski definition) is 2. The highest BCUT2D eigenvalue weighted by molar-refractivity contribution is 6.31. The molecule has 0 aliphatic carbocycles. The fourth-order valence-electron chi connectivity index (χ4n) is 2.35. The van der Waals surface area contributed by atoms with Gasteiger partial charge in [-0.1, -0.05) is 23.7 Å². The van der Waals surface area contributed by atoms with Crippen LogP contribution >= 0.6 is 11.6 Å². The second-order valence-corrected chi connectivity index (χ2v) is 5.13. The molecule has 94 valence electrons. The number of rotatable bonds is 4. The number of nitrogens with one attached hydrogen (secondary N) is 1. The first-order chi connectivity index (χ1) is 8.27. The average Bonchev–Trinajstić information content (AvgIpc) is 2.36. The number of piperazine rings is 1. The Labute approximate surface area is 109 Å². The first-order valence-corrected chi connectivity index (χ1v) is 6.82. The zero-order chi connectivity index (χ0) is 12.1. The normalized spacial score (nSPS) is 17.3. The smallest absolute Gasteiger partial charge is 0.0437 e. The predicted molar refractivity (Wildman–Crippen MR) is 73.8 cm³/mol. The summed E-state index contributed by atoms with van der Waals surface area (Å²) in [6, 6.07) is 6.21. The molecule has 1 fully saturated rings. The van der Waals surface area contributed by atoms with Crippen molar-refractivity contribution in [3.8, 4) is 0 Å². The fraction of sp³-hybridized carbons (Fsp3) is 0.571. The zero-order valence-electron chi connectivity index (χ0n) is 10.5. The van der Waals surface area contributed by atoms with Crippen LogP contribution in [0.2, 0.25) is 5.02 Å². The van der Waals surface area contributed by atoms with Gasteiger partial charge >= 0.3 is 0 Å². The maximum atomic E-state index is 6.12. The fourth-order valence-corrected chi connectivity index (χ4v) is 2.54. The highest BCUT2D eigenvalue weighted by Crippen LogP contribution is 2.19. The largest absolute Gasteiger partial charge is 0.314 e. The second-order valence-electron chi connectivity index (χ2n) is 4.72. The molecule has 0 saturated carbocycles. The topological polar surface area (TPSA) is 15.3 Å². The number of aryl methyl sites for hydroxylation is 1. The maximum absolute atomic E-state index is 6.12. The van der Waals surface area contributed by atoms with Crippen LogP contribution in [0, 0.1) is 6.92 Å². The van der Waals surface area contributed by atoms with Gasteiger partial charge in [-0.3, -0.25) is 0 Å². The third kappa shape index (κ3) is 3.70. The highest BCUT2D eigenvalue weighted by Gasteiger charge is 2.09. The van der Waals surface area contributed by atoms with Gasteiger partial charge in [-0.2, -0.15) is 0 Å². The third-order valence-electron chi connectivity index (χ3n) is 3.51. The van der Waals surface area contributed by atoms with Gasteiger partial charge in [-0.05, 0) is 43.5 Å². The number of nitrogens with zero attached hydrogens (tertiary/aromatic N) is 1. The van der Waals surface area contributed by atoms with Crippen molar-refractivity contribution < 1.29 is 0 Å². The van der Waals surface area contributed by atoms with E-state index in [-0.39, 0.29) is 0 Å². The summed E-state index contributed by atoms with van der Waals surface area (Å²) in [7, 11) is 0. The molecule has 2 nitrogen and oxygen atoms in total. The predicted octanol–water partition coefficient (Wildman–Crippen LogP) is 2.49. The number of benzene rings is 1. The monoisotopic (exact) mass is 252 g/mol. The van der Waals surface area contributed by atoms with E-state index in [4.69, 9.17) is 11.6 Å². The summed E-state index contributed by atoms with van der Waals surface area (Å²) >= 11 is 6.12. The molecule has 0 bridgehead atoms. The Hall–Kier alpha value is -0.570. The molecule has 0 unspecified atom stereocenters. The van der Waals surface area contributed by atoms with E-state index in [1.807, 2.05) is 6.07 Å². The molecule has 1 heterocycles. The second kappa shape index (κ2) is 6.39. The van der Waals surface area contributed by atoms with Gasteiger partial charge in [0.15, 0.2) is 0 Å². The van der Waals surface area contributed by atoms with Crippen LogP contribution in [0.15, 0.2) is 18.2 Å². The van der Waals surface area contributed by atoms with E-state index >= 15 is 0 Å². The lowest BCUT2D eigenvalue weighted by Crippen LogP contribution is -2.43. The van der Waals surface area contributed by atoms with Crippen LogP contribution in [0.5, 0.6) is 0 Å². The lowest BCUT2D eigenvalue weighted by atomic mass is 10.0. The van der Waals surface area contributed by atoms with Gasteiger partial charge in [-0.25, -0.2) is 0 Å². The van der Waals surface area contributed by atoms with Gasteiger partial charge in [0.1, 0.15) is 0 Å². The Bertz CT molecular complexity index is 359. The molecular weight excluding hydrogens is 232 g/mol. The summed E-state index contributed by atoms with van der Waals surface area (Å²) in [5, 5.41) is 4.27. The van der Waals surface area contributed by atoms with Crippen molar-refractivity contribution in [3.05, 3.63) is 34.3 Å². The van der Waals surface area contributed by atoms with Gasteiger partial charge < -0.3 is 10.2 Å². The quantitative estimate of drug-likeness (QED) is 0.886.